The van der Waals surface area contributed by atoms with Crippen molar-refractivity contribution in [1.29, 1.82) is 0 Å². The summed E-state index contributed by atoms with van der Waals surface area (Å²) in [6.07, 6.45) is 0.952. The lowest BCUT2D eigenvalue weighted by atomic mass is 10.0. The smallest absolute Gasteiger partial charge is 0.0829 e. The molecule has 19 heavy (non-hydrogen) atoms. The number of aromatic nitrogens is 2. The molecular weight excluding hydrogens is 322 g/mol. The van der Waals surface area contributed by atoms with Crippen molar-refractivity contribution in [3.8, 4) is 0 Å². The molecule has 1 atom stereocenters. The highest BCUT2D eigenvalue weighted by atomic mass is 79.9. The molecule has 0 aliphatic rings. The highest BCUT2D eigenvalue weighted by molar-refractivity contribution is 9.10. The maximum atomic E-state index is 4.26. The first-order valence-electron chi connectivity index (χ1n) is 6.35. The minimum atomic E-state index is 0.276. The van der Waals surface area contributed by atoms with E-state index in [1.807, 2.05) is 7.05 Å². The molecule has 2 rings (SSSR count). The van der Waals surface area contributed by atoms with Crippen LogP contribution in [-0.2, 0) is 6.42 Å². The third kappa shape index (κ3) is 3.61. The summed E-state index contributed by atoms with van der Waals surface area (Å²) in [7, 11) is 1.99. The Morgan fingerprint density at radius 1 is 1.26 bits per heavy atom. The van der Waals surface area contributed by atoms with Gasteiger partial charge in [-0.3, -0.25) is 0 Å². The zero-order valence-electron chi connectivity index (χ0n) is 11.4. The fourth-order valence-corrected chi connectivity index (χ4v) is 3.21. The highest BCUT2D eigenvalue weighted by Gasteiger charge is 2.20. The van der Waals surface area contributed by atoms with Crippen molar-refractivity contribution in [2.24, 2.45) is 0 Å². The summed E-state index contributed by atoms with van der Waals surface area (Å²) in [6, 6.07) is 8.74. The van der Waals surface area contributed by atoms with Gasteiger partial charge in [-0.15, -0.1) is 5.10 Å². The minimum absolute atomic E-state index is 0.276. The van der Waals surface area contributed by atoms with Gasteiger partial charge in [-0.05, 0) is 48.6 Å². The van der Waals surface area contributed by atoms with Gasteiger partial charge in [0, 0.05) is 10.5 Å². The molecule has 0 saturated heterocycles. The third-order valence-corrected chi connectivity index (χ3v) is 4.49. The monoisotopic (exact) mass is 339 g/mol. The van der Waals surface area contributed by atoms with E-state index in [9.17, 15) is 0 Å². The highest BCUT2D eigenvalue weighted by Crippen LogP contribution is 2.28. The van der Waals surface area contributed by atoms with Gasteiger partial charge >= 0.3 is 0 Å². The summed E-state index contributed by atoms with van der Waals surface area (Å²) in [6.45, 7) is 4.32. The lowest BCUT2D eigenvalue weighted by Gasteiger charge is -2.16. The van der Waals surface area contributed by atoms with E-state index in [1.165, 1.54) is 22.0 Å². The summed E-state index contributed by atoms with van der Waals surface area (Å²) in [5.74, 6) is 0.412. The molecule has 0 aliphatic carbocycles. The van der Waals surface area contributed by atoms with Crippen LogP contribution < -0.4 is 5.32 Å². The molecule has 0 radical (unpaired) electrons. The van der Waals surface area contributed by atoms with Gasteiger partial charge in [0.25, 0.3) is 0 Å². The molecule has 2 aromatic rings. The van der Waals surface area contributed by atoms with Crippen LogP contribution in [-0.4, -0.2) is 16.6 Å². The van der Waals surface area contributed by atoms with Gasteiger partial charge in [-0.25, -0.2) is 0 Å². The topological polar surface area (TPSA) is 37.8 Å². The van der Waals surface area contributed by atoms with Crippen LogP contribution in [0.4, 0.5) is 0 Å². The maximum Gasteiger partial charge on any atom is 0.0829 e. The van der Waals surface area contributed by atoms with Gasteiger partial charge in [0.15, 0.2) is 0 Å². The number of nitrogens with zero attached hydrogens (tertiary/aromatic N) is 2. The third-order valence-electron chi connectivity index (χ3n) is 3.11. The molecule has 0 amide bonds. The first-order valence-corrected chi connectivity index (χ1v) is 7.92. The second-order valence-corrected chi connectivity index (χ2v) is 6.55. The average Bonchev–Trinajstić information content (AvgIpc) is 2.87. The molecular formula is C14H18BrN3S. The van der Waals surface area contributed by atoms with E-state index in [0.717, 1.165) is 16.6 Å². The van der Waals surface area contributed by atoms with E-state index in [-0.39, 0.29) is 6.04 Å². The van der Waals surface area contributed by atoms with Crippen molar-refractivity contribution in [3.05, 3.63) is 44.9 Å². The number of rotatable bonds is 5. The summed E-state index contributed by atoms with van der Waals surface area (Å²) in [5, 5.41) is 7.64. The quantitative estimate of drug-likeness (QED) is 0.896. The molecule has 0 bridgehead atoms. The van der Waals surface area contributed by atoms with Crippen molar-refractivity contribution in [3.63, 3.8) is 0 Å². The molecule has 102 valence electrons. The summed E-state index contributed by atoms with van der Waals surface area (Å²) < 4.78 is 5.22. The van der Waals surface area contributed by atoms with Crippen LogP contribution in [0, 0.1) is 0 Å². The first kappa shape index (κ1) is 14.6. The van der Waals surface area contributed by atoms with Gasteiger partial charge in [0.1, 0.15) is 0 Å². The van der Waals surface area contributed by atoms with Crippen molar-refractivity contribution >= 4 is 27.5 Å². The van der Waals surface area contributed by atoms with Gasteiger partial charge in [-0.2, -0.15) is 0 Å². The molecule has 1 aromatic carbocycles. The molecule has 1 N–H and O–H groups in total. The van der Waals surface area contributed by atoms with Crippen LogP contribution in [0.15, 0.2) is 28.7 Å². The van der Waals surface area contributed by atoms with Crippen LogP contribution in [0.5, 0.6) is 0 Å². The largest absolute Gasteiger partial charge is 0.312 e. The van der Waals surface area contributed by atoms with E-state index in [4.69, 9.17) is 0 Å². The fraction of sp³-hybridized carbons (Fsp3) is 0.429. The zero-order valence-corrected chi connectivity index (χ0v) is 13.8. The van der Waals surface area contributed by atoms with Gasteiger partial charge < -0.3 is 5.32 Å². The molecule has 3 nitrogen and oxygen atoms in total. The van der Waals surface area contributed by atoms with Crippen molar-refractivity contribution < 1.29 is 0 Å². The Balaban J connectivity index is 2.20. The molecule has 1 aromatic heterocycles. The lowest BCUT2D eigenvalue weighted by molar-refractivity contribution is 0.589. The number of halogens is 1. The molecule has 0 aliphatic heterocycles. The van der Waals surface area contributed by atoms with Gasteiger partial charge in [0.2, 0.25) is 0 Å². The van der Waals surface area contributed by atoms with Gasteiger partial charge in [0.05, 0.1) is 10.6 Å². The van der Waals surface area contributed by atoms with E-state index < -0.39 is 0 Å². The van der Waals surface area contributed by atoms with Crippen LogP contribution in [0.25, 0.3) is 0 Å². The molecule has 0 spiro atoms. The van der Waals surface area contributed by atoms with Gasteiger partial charge in [-0.1, -0.05) is 46.4 Å². The number of hydrogen-bond donors (Lipinski definition) is 1. The SMILES string of the molecule is CNC(Cc1ccc(Br)cc1)c1snnc1C(C)C. The number of hydrogen-bond acceptors (Lipinski definition) is 4. The number of benzene rings is 1. The standard InChI is InChI=1S/C14H18BrN3S/c1-9(2)13-14(19-18-17-13)12(16-3)8-10-4-6-11(15)7-5-10/h4-7,9,12,16H,8H2,1-3H3. The summed E-state index contributed by atoms with van der Waals surface area (Å²) >= 11 is 4.96. The Hall–Kier alpha value is -0.780. The normalized spacial score (nSPS) is 12.9. The summed E-state index contributed by atoms with van der Waals surface area (Å²) in [5.41, 5.74) is 2.42. The lowest BCUT2D eigenvalue weighted by Crippen LogP contribution is -2.19. The average molecular weight is 340 g/mol. The number of nitrogens with one attached hydrogen (secondary N) is 1. The Morgan fingerprint density at radius 3 is 2.53 bits per heavy atom. The Kier molecular flexibility index (Phi) is 5.07. The maximum absolute atomic E-state index is 4.26. The Bertz CT molecular complexity index is 522. The van der Waals surface area contributed by atoms with Crippen LogP contribution in [0.2, 0.25) is 0 Å². The fourth-order valence-electron chi connectivity index (χ4n) is 2.03. The molecule has 0 fully saturated rings. The number of likely N-dealkylation sites (N-methyl/N-ethyl adjacent to an activating group) is 1. The summed E-state index contributed by atoms with van der Waals surface area (Å²) in [4.78, 5) is 1.25. The van der Waals surface area contributed by atoms with Crippen molar-refractivity contribution in [1.82, 2.24) is 14.9 Å². The first-order chi connectivity index (χ1) is 9.11. The van der Waals surface area contributed by atoms with Crippen molar-refractivity contribution in [2.75, 3.05) is 7.05 Å². The molecule has 0 saturated carbocycles. The van der Waals surface area contributed by atoms with E-state index in [0.29, 0.717) is 5.92 Å². The Labute approximate surface area is 126 Å². The van der Waals surface area contributed by atoms with Crippen LogP contribution in [0.1, 0.15) is 41.9 Å². The van der Waals surface area contributed by atoms with Crippen LogP contribution >= 0.6 is 27.5 Å². The minimum Gasteiger partial charge on any atom is -0.312 e. The van der Waals surface area contributed by atoms with E-state index >= 15 is 0 Å². The second kappa shape index (κ2) is 6.59. The van der Waals surface area contributed by atoms with Crippen LogP contribution in [0.3, 0.4) is 0 Å². The molecule has 5 heteroatoms. The van der Waals surface area contributed by atoms with Crippen molar-refractivity contribution in [2.45, 2.75) is 32.2 Å². The zero-order chi connectivity index (χ0) is 13.8. The second-order valence-electron chi connectivity index (χ2n) is 4.85. The molecule has 1 heterocycles. The van der Waals surface area contributed by atoms with E-state index in [2.05, 4.69) is 68.9 Å². The van der Waals surface area contributed by atoms with E-state index in [1.54, 1.807) is 0 Å². The molecule has 1 unspecified atom stereocenters. The predicted molar refractivity (Wildman–Crippen MR) is 83.6 cm³/mol. The Morgan fingerprint density at radius 2 is 1.95 bits per heavy atom. The predicted octanol–water partition coefficient (Wildman–Crippen LogP) is 3.93.